The second-order valence-electron chi connectivity index (χ2n) is 4.09. The molecular formula is C12H9ClF4N4O. The molecule has 10 heteroatoms. The van der Waals surface area contributed by atoms with Crippen molar-refractivity contribution in [2.75, 3.05) is 11.9 Å². The van der Waals surface area contributed by atoms with Crippen molar-refractivity contribution in [2.45, 2.75) is 12.7 Å². The van der Waals surface area contributed by atoms with Gasteiger partial charge in [-0.1, -0.05) is 12.1 Å². The standard InChI is InChI=1S/C12H9ClF4N4O/c13-9-19-10(18-5-7-1-3-8(14)4-2-7)21-11(20-9)22-6-12(15,16)17/h1-4H,5-6H2,(H,18,19,20,21). The van der Waals surface area contributed by atoms with Crippen LogP contribution in [0.2, 0.25) is 5.28 Å². The molecule has 1 heterocycles. The van der Waals surface area contributed by atoms with Gasteiger partial charge in [-0.05, 0) is 29.3 Å². The van der Waals surface area contributed by atoms with E-state index in [-0.39, 0.29) is 23.6 Å². The summed E-state index contributed by atoms with van der Waals surface area (Å²) in [6.45, 7) is -1.32. The molecule has 0 bridgehead atoms. The van der Waals surface area contributed by atoms with E-state index in [0.717, 1.165) is 5.56 Å². The van der Waals surface area contributed by atoms with E-state index < -0.39 is 18.8 Å². The van der Waals surface area contributed by atoms with Gasteiger partial charge in [0.15, 0.2) is 6.61 Å². The third-order valence-corrected chi connectivity index (χ3v) is 2.49. The Hall–Kier alpha value is -2.16. The van der Waals surface area contributed by atoms with Crippen molar-refractivity contribution in [3.05, 3.63) is 40.9 Å². The molecule has 0 aliphatic carbocycles. The molecule has 0 saturated carbocycles. The largest absolute Gasteiger partial charge is 0.454 e. The third kappa shape index (κ3) is 5.32. The van der Waals surface area contributed by atoms with Crippen LogP contribution < -0.4 is 10.1 Å². The number of nitrogens with one attached hydrogen (secondary N) is 1. The average Bonchev–Trinajstić information content (AvgIpc) is 2.43. The molecule has 0 spiro atoms. The quantitative estimate of drug-likeness (QED) is 0.850. The minimum absolute atomic E-state index is 0.0542. The first-order valence-corrected chi connectivity index (χ1v) is 6.29. The van der Waals surface area contributed by atoms with E-state index in [1.807, 2.05) is 0 Å². The number of alkyl halides is 3. The van der Waals surface area contributed by atoms with Gasteiger partial charge in [-0.3, -0.25) is 0 Å². The molecule has 5 nitrogen and oxygen atoms in total. The predicted molar refractivity (Wildman–Crippen MR) is 70.1 cm³/mol. The molecule has 118 valence electrons. The number of halogens is 5. The second kappa shape index (κ2) is 6.73. The third-order valence-electron chi connectivity index (χ3n) is 2.32. The lowest BCUT2D eigenvalue weighted by molar-refractivity contribution is -0.154. The highest BCUT2D eigenvalue weighted by Gasteiger charge is 2.29. The number of benzene rings is 1. The minimum Gasteiger partial charge on any atom is -0.454 e. The molecular weight excluding hydrogens is 328 g/mol. The zero-order chi connectivity index (χ0) is 16.2. The maximum atomic E-state index is 12.8. The summed E-state index contributed by atoms with van der Waals surface area (Å²) < 4.78 is 53.4. The SMILES string of the molecule is Fc1ccc(CNc2nc(Cl)nc(OCC(F)(F)F)n2)cc1. The molecule has 0 radical (unpaired) electrons. The van der Waals surface area contributed by atoms with Crippen LogP contribution in [0.4, 0.5) is 23.5 Å². The van der Waals surface area contributed by atoms with Gasteiger partial charge in [0, 0.05) is 6.54 Å². The van der Waals surface area contributed by atoms with Gasteiger partial charge in [0.05, 0.1) is 0 Å². The summed E-state index contributed by atoms with van der Waals surface area (Å²) in [7, 11) is 0. The van der Waals surface area contributed by atoms with Crippen molar-refractivity contribution in [1.29, 1.82) is 0 Å². The first-order valence-electron chi connectivity index (χ1n) is 5.91. The number of nitrogens with zero attached hydrogens (tertiary/aromatic N) is 3. The number of hydrogen-bond acceptors (Lipinski definition) is 5. The summed E-state index contributed by atoms with van der Waals surface area (Å²) in [5.74, 6) is -0.434. The highest BCUT2D eigenvalue weighted by atomic mass is 35.5. The molecule has 1 N–H and O–H groups in total. The van der Waals surface area contributed by atoms with Crippen molar-refractivity contribution in [3.63, 3.8) is 0 Å². The molecule has 1 aromatic heterocycles. The fraction of sp³-hybridized carbons (Fsp3) is 0.250. The van der Waals surface area contributed by atoms with Gasteiger partial charge >= 0.3 is 12.2 Å². The summed E-state index contributed by atoms with van der Waals surface area (Å²) in [5.41, 5.74) is 0.718. The van der Waals surface area contributed by atoms with Gasteiger partial charge in [-0.15, -0.1) is 0 Å². The number of rotatable bonds is 5. The summed E-state index contributed by atoms with van der Waals surface area (Å²) >= 11 is 5.59. The van der Waals surface area contributed by atoms with Crippen LogP contribution in [0.1, 0.15) is 5.56 Å². The van der Waals surface area contributed by atoms with Gasteiger partial charge < -0.3 is 10.1 Å². The lowest BCUT2D eigenvalue weighted by Crippen LogP contribution is -2.20. The molecule has 22 heavy (non-hydrogen) atoms. The van der Waals surface area contributed by atoms with Gasteiger partial charge in [-0.2, -0.15) is 28.1 Å². The smallest absolute Gasteiger partial charge is 0.422 e. The molecule has 0 unspecified atom stereocenters. The Morgan fingerprint density at radius 1 is 1.09 bits per heavy atom. The van der Waals surface area contributed by atoms with Crippen molar-refractivity contribution in [2.24, 2.45) is 0 Å². The molecule has 0 aliphatic heterocycles. The second-order valence-corrected chi connectivity index (χ2v) is 4.43. The van der Waals surface area contributed by atoms with Crippen LogP contribution >= 0.6 is 11.6 Å². The fourth-order valence-corrected chi connectivity index (χ4v) is 1.56. The number of anilines is 1. The number of aromatic nitrogens is 3. The molecule has 0 atom stereocenters. The van der Waals surface area contributed by atoms with E-state index in [9.17, 15) is 17.6 Å². The summed E-state index contributed by atoms with van der Waals surface area (Å²) in [4.78, 5) is 10.8. The van der Waals surface area contributed by atoms with Crippen LogP contribution in [-0.4, -0.2) is 27.7 Å². The van der Waals surface area contributed by atoms with E-state index in [1.54, 1.807) is 0 Å². The highest BCUT2D eigenvalue weighted by molar-refractivity contribution is 6.28. The Balaban J connectivity index is 2.01. The van der Waals surface area contributed by atoms with Crippen LogP contribution in [0.15, 0.2) is 24.3 Å². The van der Waals surface area contributed by atoms with Gasteiger partial charge in [0.2, 0.25) is 11.2 Å². The zero-order valence-corrected chi connectivity index (χ0v) is 11.6. The Kier molecular flexibility index (Phi) is 4.96. The van der Waals surface area contributed by atoms with E-state index >= 15 is 0 Å². The highest BCUT2D eigenvalue weighted by Crippen LogP contribution is 2.18. The molecule has 1 aromatic carbocycles. The van der Waals surface area contributed by atoms with Crippen molar-refractivity contribution in [1.82, 2.24) is 15.0 Å². The lowest BCUT2D eigenvalue weighted by Gasteiger charge is -2.09. The van der Waals surface area contributed by atoms with E-state index in [4.69, 9.17) is 11.6 Å². The Morgan fingerprint density at radius 3 is 2.41 bits per heavy atom. The maximum Gasteiger partial charge on any atom is 0.422 e. The van der Waals surface area contributed by atoms with Crippen LogP contribution in [0.5, 0.6) is 6.01 Å². The van der Waals surface area contributed by atoms with Crippen molar-refractivity contribution < 1.29 is 22.3 Å². The zero-order valence-electron chi connectivity index (χ0n) is 10.9. The van der Waals surface area contributed by atoms with Crippen molar-refractivity contribution in [3.8, 4) is 6.01 Å². The summed E-state index contributed by atoms with van der Waals surface area (Å²) in [5, 5.41) is 2.42. The fourth-order valence-electron chi connectivity index (χ4n) is 1.41. The topological polar surface area (TPSA) is 59.9 Å². The molecule has 0 fully saturated rings. The van der Waals surface area contributed by atoms with Crippen LogP contribution in [0.3, 0.4) is 0 Å². The minimum atomic E-state index is -4.51. The molecule has 0 amide bonds. The summed E-state index contributed by atoms with van der Waals surface area (Å²) in [6, 6.07) is 5.07. The molecule has 0 saturated heterocycles. The first kappa shape index (κ1) is 16.2. The predicted octanol–water partition coefficient (Wildman–Crippen LogP) is 3.22. The molecule has 2 aromatic rings. The number of hydrogen-bond donors (Lipinski definition) is 1. The number of ether oxygens (including phenoxy) is 1. The Morgan fingerprint density at radius 2 is 1.77 bits per heavy atom. The van der Waals surface area contributed by atoms with E-state index in [1.165, 1.54) is 24.3 Å². The average molecular weight is 337 g/mol. The monoisotopic (exact) mass is 336 g/mol. The van der Waals surface area contributed by atoms with E-state index in [2.05, 4.69) is 25.0 Å². The van der Waals surface area contributed by atoms with E-state index in [0.29, 0.717) is 0 Å². The van der Waals surface area contributed by atoms with Gasteiger partial charge in [0.1, 0.15) is 5.82 Å². The van der Waals surface area contributed by atoms with Crippen LogP contribution in [0, 0.1) is 5.82 Å². The Labute approximate surface area is 127 Å². The normalized spacial score (nSPS) is 11.3. The maximum absolute atomic E-state index is 12.8. The molecule has 2 rings (SSSR count). The first-order chi connectivity index (χ1) is 10.3. The van der Waals surface area contributed by atoms with Gasteiger partial charge in [0.25, 0.3) is 0 Å². The Bertz CT molecular complexity index is 636. The van der Waals surface area contributed by atoms with Crippen LogP contribution in [-0.2, 0) is 6.54 Å². The van der Waals surface area contributed by atoms with Crippen LogP contribution in [0.25, 0.3) is 0 Å². The lowest BCUT2D eigenvalue weighted by atomic mass is 10.2. The van der Waals surface area contributed by atoms with Crippen molar-refractivity contribution >= 4 is 17.5 Å². The van der Waals surface area contributed by atoms with Gasteiger partial charge in [-0.25, -0.2) is 4.39 Å². The molecule has 0 aliphatic rings. The summed E-state index contributed by atoms with van der Waals surface area (Å²) in [6.07, 6.45) is -4.51.